The first-order valence-electron chi connectivity index (χ1n) is 9.07. The number of hydrogen-bond donors (Lipinski definition) is 2. The average molecular weight is 424 g/mol. The van der Waals surface area contributed by atoms with Crippen molar-refractivity contribution in [3.05, 3.63) is 116 Å². The second-order valence-electron chi connectivity index (χ2n) is 6.66. The normalized spacial score (nSPS) is 11.3. The Hall–Kier alpha value is -4.27. The molecule has 158 valence electrons. The van der Waals surface area contributed by atoms with Gasteiger partial charge >= 0.3 is 11.7 Å². The van der Waals surface area contributed by atoms with Crippen LogP contribution in [0.4, 0.5) is 4.39 Å². The van der Waals surface area contributed by atoms with E-state index < -0.39 is 40.1 Å². The van der Waals surface area contributed by atoms with E-state index in [0.717, 1.165) is 20.9 Å². The highest BCUT2D eigenvalue weighted by atomic mass is 19.1. The van der Waals surface area contributed by atoms with Crippen LogP contribution < -0.4 is 11.2 Å². The van der Waals surface area contributed by atoms with E-state index in [-0.39, 0.29) is 13.1 Å². The van der Waals surface area contributed by atoms with E-state index >= 15 is 0 Å². The van der Waals surface area contributed by atoms with Crippen molar-refractivity contribution in [1.82, 2.24) is 9.13 Å². The molecule has 0 radical (unpaired) electrons. The van der Waals surface area contributed by atoms with Gasteiger partial charge in [-0.15, -0.1) is 0 Å². The molecule has 2 N–H and O–H groups in total. The van der Waals surface area contributed by atoms with Crippen LogP contribution in [0.2, 0.25) is 0 Å². The minimum absolute atomic E-state index is 0.0400. The van der Waals surface area contributed by atoms with Crippen molar-refractivity contribution in [2.75, 3.05) is 0 Å². The fraction of sp³-hybridized carbons (Fsp3) is 0.0909. The van der Waals surface area contributed by atoms with Gasteiger partial charge in [-0.1, -0.05) is 42.5 Å². The first-order valence-corrected chi connectivity index (χ1v) is 9.07. The van der Waals surface area contributed by atoms with Crippen LogP contribution in [-0.2, 0) is 17.9 Å². The van der Waals surface area contributed by atoms with Crippen molar-refractivity contribution < 1.29 is 24.2 Å². The Labute approximate surface area is 174 Å². The van der Waals surface area contributed by atoms with Gasteiger partial charge in [0, 0.05) is 12.3 Å². The number of aliphatic carboxylic acids is 1. The summed E-state index contributed by atoms with van der Waals surface area (Å²) in [4.78, 5) is 49.1. The van der Waals surface area contributed by atoms with Crippen LogP contribution in [0.1, 0.15) is 21.5 Å². The minimum Gasteiger partial charge on any atom is -0.502 e. The summed E-state index contributed by atoms with van der Waals surface area (Å²) in [5.74, 6) is -4.54. The molecule has 0 aliphatic rings. The molecule has 0 unspecified atom stereocenters. The Balaban J connectivity index is 2.14. The number of hydrogen-bond acceptors (Lipinski definition) is 5. The lowest BCUT2D eigenvalue weighted by Crippen LogP contribution is -2.42. The maximum Gasteiger partial charge on any atom is 0.371 e. The maximum absolute atomic E-state index is 13.2. The lowest BCUT2D eigenvalue weighted by Gasteiger charge is -2.13. The summed E-state index contributed by atoms with van der Waals surface area (Å²) < 4.78 is 15.1. The lowest BCUT2D eigenvalue weighted by molar-refractivity contribution is -0.135. The van der Waals surface area contributed by atoms with Gasteiger partial charge in [-0.2, -0.15) is 0 Å². The monoisotopic (exact) mass is 424 g/mol. The number of ketones is 1. The summed E-state index contributed by atoms with van der Waals surface area (Å²) in [6.07, 6.45) is 1.44. The zero-order valence-electron chi connectivity index (χ0n) is 16.1. The van der Waals surface area contributed by atoms with E-state index in [1.54, 1.807) is 30.3 Å². The molecule has 0 saturated heterocycles. The van der Waals surface area contributed by atoms with E-state index in [1.165, 1.54) is 24.3 Å². The summed E-state index contributed by atoms with van der Waals surface area (Å²) in [5.41, 5.74) is -0.996. The molecule has 3 rings (SSSR count). The van der Waals surface area contributed by atoms with Crippen LogP contribution >= 0.6 is 0 Å². The van der Waals surface area contributed by atoms with Crippen LogP contribution in [0, 0.1) is 5.82 Å². The highest BCUT2D eigenvalue weighted by molar-refractivity contribution is 6.07. The molecule has 9 heteroatoms. The number of aliphatic hydroxyl groups excluding tert-OH is 1. The highest BCUT2D eigenvalue weighted by Gasteiger charge is 2.18. The summed E-state index contributed by atoms with van der Waals surface area (Å²) in [7, 11) is 0. The molecule has 0 aliphatic heterocycles. The van der Waals surface area contributed by atoms with Crippen LogP contribution in [0.3, 0.4) is 0 Å². The Morgan fingerprint density at radius 3 is 2.13 bits per heavy atom. The minimum atomic E-state index is -1.74. The van der Waals surface area contributed by atoms with Gasteiger partial charge in [0.05, 0.1) is 13.1 Å². The van der Waals surface area contributed by atoms with Gasteiger partial charge in [-0.05, 0) is 23.3 Å². The molecule has 0 amide bonds. The molecule has 0 atom stereocenters. The molecule has 1 heterocycles. The summed E-state index contributed by atoms with van der Waals surface area (Å²) in [5, 5.41) is 18.1. The number of aliphatic hydroxyl groups is 1. The van der Waals surface area contributed by atoms with Crippen LogP contribution in [-0.4, -0.2) is 31.1 Å². The average Bonchev–Trinajstić information content (AvgIpc) is 2.75. The van der Waals surface area contributed by atoms with E-state index in [0.29, 0.717) is 11.6 Å². The van der Waals surface area contributed by atoms with Gasteiger partial charge in [-0.3, -0.25) is 18.7 Å². The third kappa shape index (κ3) is 5.02. The molecule has 3 aromatic rings. The maximum atomic E-state index is 13.2. The third-order valence-corrected chi connectivity index (χ3v) is 4.44. The molecular weight excluding hydrogens is 407 g/mol. The number of rotatable bonds is 7. The fourth-order valence-corrected chi connectivity index (χ4v) is 2.89. The Morgan fingerprint density at radius 2 is 1.52 bits per heavy atom. The number of carbonyl (C=O) groups is 2. The quantitative estimate of drug-likeness (QED) is 0.340. The van der Waals surface area contributed by atoms with Gasteiger partial charge in [0.1, 0.15) is 11.4 Å². The zero-order valence-corrected chi connectivity index (χ0v) is 16.1. The van der Waals surface area contributed by atoms with Crippen molar-refractivity contribution in [2.45, 2.75) is 13.1 Å². The topological polar surface area (TPSA) is 119 Å². The van der Waals surface area contributed by atoms with Crippen molar-refractivity contribution >= 4 is 11.8 Å². The SMILES string of the molecule is O=C(O)C(O)=CC(=O)c1cn(Cc2ccccc2)c(=O)n(Cc2ccc(F)cc2)c1=O. The van der Waals surface area contributed by atoms with E-state index in [1.807, 2.05) is 0 Å². The third-order valence-electron chi connectivity index (χ3n) is 4.44. The molecule has 0 bridgehead atoms. The largest absolute Gasteiger partial charge is 0.502 e. The Bertz CT molecular complexity index is 1270. The fourth-order valence-electron chi connectivity index (χ4n) is 2.89. The van der Waals surface area contributed by atoms with Crippen molar-refractivity contribution in [3.8, 4) is 0 Å². The lowest BCUT2D eigenvalue weighted by atomic mass is 10.1. The predicted octanol–water partition coefficient (Wildman–Crippen LogP) is 1.95. The van der Waals surface area contributed by atoms with Gasteiger partial charge < -0.3 is 10.2 Å². The Morgan fingerprint density at radius 1 is 0.903 bits per heavy atom. The van der Waals surface area contributed by atoms with E-state index in [2.05, 4.69) is 0 Å². The van der Waals surface area contributed by atoms with Gasteiger partial charge in [0.15, 0.2) is 5.78 Å². The van der Waals surface area contributed by atoms with Crippen molar-refractivity contribution in [2.24, 2.45) is 0 Å². The van der Waals surface area contributed by atoms with Crippen LogP contribution in [0.25, 0.3) is 0 Å². The summed E-state index contributed by atoms with van der Waals surface area (Å²) >= 11 is 0. The molecule has 0 fully saturated rings. The van der Waals surface area contributed by atoms with Gasteiger partial charge in [0.2, 0.25) is 5.76 Å². The molecule has 31 heavy (non-hydrogen) atoms. The number of allylic oxidation sites excluding steroid dienone is 1. The molecule has 1 aromatic heterocycles. The number of benzene rings is 2. The van der Waals surface area contributed by atoms with Crippen LogP contribution in [0.5, 0.6) is 0 Å². The van der Waals surface area contributed by atoms with Gasteiger partial charge in [-0.25, -0.2) is 14.0 Å². The number of nitrogens with zero attached hydrogens (tertiary/aromatic N) is 2. The number of carboxylic acid groups (broad SMARTS) is 1. The smallest absolute Gasteiger partial charge is 0.371 e. The molecule has 0 spiro atoms. The van der Waals surface area contributed by atoms with Crippen LogP contribution in [0.15, 0.2) is 82.2 Å². The number of carboxylic acids is 1. The summed E-state index contributed by atoms with van der Waals surface area (Å²) in [6, 6.07) is 13.9. The van der Waals surface area contributed by atoms with E-state index in [4.69, 9.17) is 5.11 Å². The molecule has 2 aromatic carbocycles. The first-order chi connectivity index (χ1) is 14.8. The second-order valence-corrected chi connectivity index (χ2v) is 6.66. The highest BCUT2D eigenvalue weighted by Crippen LogP contribution is 2.06. The second kappa shape index (κ2) is 9.04. The molecule has 0 aliphatic carbocycles. The molecule has 0 saturated carbocycles. The van der Waals surface area contributed by atoms with Crippen molar-refractivity contribution in [3.63, 3.8) is 0 Å². The standard InChI is InChI=1S/C22H17FN2O6/c23-16-8-6-15(7-9-16)12-25-20(28)17(18(26)10-19(27)21(29)30)13-24(22(25)31)11-14-4-2-1-3-5-14/h1-10,13,27H,11-12H2,(H,29,30). The number of aromatic nitrogens is 2. The zero-order chi connectivity index (χ0) is 22.5. The molecule has 8 nitrogen and oxygen atoms in total. The predicted molar refractivity (Wildman–Crippen MR) is 109 cm³/mol. The van der Waals surface area contributed by atoms with Crippen molar-refractivity contribution in [1.29, 1.82) is 0 Å². The number of halogens is 1. The summed E-state index contributed by atoms with van der Waals surface area (Å²) in [6.45, 7) is -0.194. The Kier molecular flexibility index (Phi) is 6.25. The molecular formula is C22H17FN2O6. The van der Waals surface area contributed by atoms with E-state index in [9.17, 15) is 28.7 Å². The number of carbonyl (C=O) groups excluding carboxylic acids is 1. The van der Waals surface area contributed by atoms with Gasteiger partial charge in [0.25, 0.3) is 5.56 Å². The first kappa shape index (κ1) is 21.4.